The summed E-state index contributed by atoms with van der Waals surface area (Å²) in [7, 11) is -3.65. The number of para-hydroxylation sites is 1. The Balaban J connectivity index is 1.74. The zero-order valence-electron chi connectivity index (χ0n) is 17.9. The molecule has 4 rings (SSSR count). The molecule has 0 spiro atoms. The van der Waals surface area contributed by atoms with E-state index >= 15 is 0 Å². The lowest BCUT2D eigenvalue weighted by Crippen LogP contribution is -2.40. The highest BCUT2D eigenvalue weighted by Crippen LogP contribution is 2.25. The van der Waals surface area contributed by atoms with Gasteiger partial charge in [0.1, 0.15) is 0 Å². The molecule has 2 heterocycles. The number of nitrogens with zero attached hydrogens (tertiary/aromatic N) is 3. The second-order valence-corrected chi connectivity index (χ2v) is 10.1. The number of hydrogen-bond acceptors (Lipinski definition) is 5. The standard InChI is InChI=1S/C23H25N5O2S/c1-16-9-5-6-12-19(16)24-22-25-21-14-8-13-20(28(21)26-22)17-10-7-11-18(15-17)31(29,30)27-23(2,3)4/h5-15,27H,1-4H3,(H,24,26). The molecule has 2 aromatic heterocycles. The summed E-state index contributed by atoms with van der Waals surface area (Å²) in [5, 5.41) is 7.86. The van der Waals surface area contributed by atoms with Gasteiger partial charge in [-0.3, -0.25) is 0 Å². The van der Waals surface area contributed by atoms with E-state index in [4.69, 9.17) is 0 Å². The highest BCUT2D eigenvalue weighted by atomic mass is 32.2. The number of hydrogen-bond donors (Lipinski definition) is 2. The molecule has 0 saturated heterocycles. The third-order valence-corrected chi connectivity index (χ3v) is 6.39. The number of aromatic nitrogens is 3. The summed E-state index contributed by atoms with van der Waals surface area (Å²) < 4.78 is 30.0. The normalized spacial score (nSPS) is 12.3. The molecule has 0 radical (unpaired) electrons. The average Bonchev–Trinajstić information content (AvgIpc) is 3.10. The van der Waals surface area contributed by atoms with Crippen LogP contribution >= 0.6 is 0 Å². The molecule has 0 fully saturated rings. The quantitative estimate of drug-likeness (QED) is 0.481. The molecule has 0 atom stereocenters. The van der Waals surface area contributed by atoms with Crippen molar-refractivity contribution in [2.45, 2.75) is 38.1 Å². The van der Waals surface area contributed by atoms with Crippen molar-refractivity contribution in [3.8, 4) is 11.3 Å². The Hall–Kier alpha value is -3.23. The Morgan fingerprint density at radius 3 is 2.42 bits per heavy atom. The van der Waals surface area contributed by atoms with Crippen molar-refractivity contribution in [1.82, 2.24) is 19.3 Å². The van der Waals surface area contributed by atoms with Crippen LogP contribution in [-0.4, -0.2) is 28.6 Å². The molecule has 2 aromatic carbocycles. The van der Waals surface area contributed by atoms with Gasteiger partial charge in [0.15, 0.2) is 5.65 Å². The maximum atomic E-state index is 12.8. The van der Waals surface area contributed by atoms with Gasteiger partial charge < -0.3 is 5.32 Å². The van der Waals surface area contributed by atoms with Crippen LogP contribution in [-0.2, 0) is 10.0 Å². The number of pyridine rings is 1. The fraction of sp³-hybridized carbons (Fsp3) is 0.217. The lowest BCUT2D eigenvalue weighted by Gasteiger charge is -2.20. The van der Waals surface area contributed by atoms with Gasteiger partial charge in [-0.1, -0.05) is 36.4 Å². The van der Waals surface area contributed by atoms with Crippen molar-refractivity contribution >= 4 is 27.3 Å². The van der Waals surface area contributed by atoms with E-state index in [1.54, 1.807) is 22.7 Å². The number of anilines is 2. The van der Waals surface area contributed by atoms with Crippen LogP contribution in [0.1, 0.15) is 26.3 Å². The Labute approximate surface area is 182 Å². The molecule has 2 N–H and O–H groups in total. The van der Waals surface area contributed by atoms with Crippen molar-refractivity contribution in [3.05, 3.63) is 72.3 Å². The first kappa shape index (κ1) is 21.0. The van der Waals surface area contributed by atoms with Gasteiger partial charge in [-0.15, -0.1) is 5.10 Å². The van der Waals surface area contributed by atoms with E-state index < -0.39 is 15.6 Å². The van der Waals surface area contributed by atoms with E-state index in [1.165, 1.54) is 0 Å². The molecule has 160 valence electrons. The number of benzene rings is 2. The van der Waals surface area contributed by atoms with Crippen LogP contribution in [0.5, 0.6) is 0 Å². The smallest absolute Gasteiger partial charge is 0.247 e. The minimum absolute atomic E-state index is 0.204. The highest BCUT2D eigenvalue weighted by Gasteiger charge is 2.22. The largest absolute Gasteiger partial charge is 0.323 e. The monoisotopic (exact) mass is 435 g/mol. The molecule has 0 unspecified atom stereocenters. The minimum Gasteiger partial charge on any atom is -0.323 e. The van der Waals surface area contributed by atoms with Crippen LogP contribution < -0.4 is 10.0 Å². The van der Waals surface area contributed by atoms with E-state index in [1.807, 2.05) is 76.2 Å². The van der Waals surface area contributed by atoms with Gasteiger partial charge in [0.2, 0.25) is 16.0 Å². The fourth-order valence-corrected chi connectivity index (χ4v) is 4.76. The predicted molar refractivity (Wildman–Crippen MR) is 123 cm³/mol. The Morgan fingerprint density at radius 2 is 1.68 bits per heavy atom. The van der Waals surface area contributed by atoms with Gasteiger partial charge in [0.05, 0.1) is 10.6 Å². The number of sulfonamides is 1. The minimum atomic E-state index is -3.65. The number of rotatable bonds is 5. The molecule has 0 amide bonds. The van der Waals surface area contributed by atoms with E-state index in [9.17, 15) is 8.42 Å². The molecule has 7 nitrogen and oxygen atoms in total. The molecule has 0 bridgehead atoms. The van der Waals surface area contributed by atoms with Crippen molar-refractivity contribution in [2.24, 2.45) is 0 Å². The molecule has 0 aliphatic heterocycles. The topological polar surface area (TPSA) is 88.4 Å². The third-order valence-electron chi connectivity index (χ3n) is 4.63. The van der Waals surface area contributed by atoms with Crippen molar-refractivity contribution < 1.29 is 8.42 Å². The molecular weight excluding hydrogens is 410 g/mol. The highest BCUT2D eigenvalue weighted by molar-refractivity contribution is 7.89. The van der Waals surface area contributed by atoms with Crippen molar-refractivity contribution in [3.63, 3.8) is 0 Å². The van der Waals surface area contributed by atoms with E-state index in [0.29, 0.717) is 11.6 Å². The van der Waals surface area contributed by atoms with Crippen LogP contribution in [0.15, 0.2) is 71.6 Å². The maximum absolute atomic E-state index is 12.8. The second kappa shape index (κ2) is 7.79. The van der Waals surface area contributed by atoms with Crippen molar-refractivity contribution in [2.75, 3.05) is 5.32 Å². The lowest BCUT2D eigenvalue weighted by molar-refractivity contribution is 0.491. The Kier molecular flexibility index (Phi) is 5.28. The molecular formula is C23H25N5O2S. The van der Waals surface area contributed by atoms with Gasteiger partial charge >= 0.3 is 0 Å². The first-order valence-electron chi connectivity index (χ1n) is 9.95. The average molecular weight is 436 g/mol. The van der Waals surface area contributed by atoms with Crippen LogP contribution in [0.4, 0.5) is 11.6 Å². The van der Waals surface area contributed by atoms with Gasteiger partial charge in [0, 0.05) is 16.8 Å². The summed E-state index contributed by atoms with van der Waals surface area (Å²) in [6.45, 7) is 7.45. The van der Waals surface area contributed by atoms with Crippen LogP contribution in [0, 0.1) is 6.92 Å². The van der Waals surface area contributed by atoms with Gasteiger partial charge in [0.25, 0.3) is 0 Å². The number of aryl methyl sites for hydroxylation is 1. The Bertz CT molecular complexity index is 1350. The van der Waals surface area contributed by atoms with Gasteiger partial charge in [-0.2, -0.15) is 4.98 Å². The molecule has 4 aromatic rings. The molecule has 0 aliphatic carbocycles. The summed E-state index contributed by atoms with van der Waals surface area (Å²) in [5.74, 6) is 0.472. The van der Waals surface area contributed by atoms with E-state index in [0.717, 1.165) is 22.5 Å². The molecule has 8 heteroatoms. The van der Waals surface area contributed by atoms with Gasteiger partial charge in [-0.05, 0) is 63.6 Å². The summed E-state index contributed by atoms with van der Waals surface area (Å²) in [6.07, 6.45) is 0. The first-order chi connectivity index (χ1) is 14.6. The predicted octanol–water partition coefficient (Wildman–Crippen LogP) is 4.53. The third kappa shape index (κ3) is 4.60. The fourth-order valence-electron chi connectivity index (χ4n) is 3.29. The molecule has 31 heavy (non-hydrogen) atoms. The number of nitrogens with one attached hydrogen (secondary N) is 2. The number of fused-ring (bicyclic) bond motifs is 1. The lowest BCUT2D eigenvalue weighted by atomic mass is 10.1. The van der Waals surface area contributed by atoms with E-state index in [2.05, 4.69) is 20.1 Å². The summed E-state index contributed by atoms with van der Waals surface area (Å²) in [4.78, 5) is 4.77. The Morgan fingerprint density at radius 1 is 0.935 bits per heavy atom. The molecule has 0 aliphatic rings. The van der Waals surface area contributed by atoms with Crippen LogP contribution in [0.3, 0.4) is 0 Å². The second-order valence-electron chi connectivity index (χ2n) is 8.44. The summed E-state index contributed by atoms with van der Waals surface area (Å²) in [6, 6.07) is 20.4. The van der Waals surface area contributed by atoms with Crippen LogP contribution in [0.2, 0.25) is 0 Å². The molecule has 0 saturated carbocycles. The maximum Gasteiger partial charge on any atom is 0.247 e. The summed E-state index contributed by atoms with van der Waals surface area (Å²) in [5.41, 5.74) is 3.59. The van der Waals surface area contributed by atoms with Gasteiger partial charge in [-0.25, -0.2) is 17.7 Å². The zero-order chi connectivity index (χ0) is 22.2. The van der Waals surface area contributed by atoms with Crippen molar-refractivity contribution in [1.29, 1.82) is 0 Å². The van der Waals surface area contributed by atoms with E-state index in [-0.39, 0.29) is 4.90 Å². The summed E-state index contributed by atoms with van der Waals surface area (Å²) >= 11 is 0. The zero-order valence-corrected chi connectivity index (χ0v) is 18.7. The van der Waals surface area contributed by atoms with Crippen LogP contribution in [0.25, 0.3) is 16.9 Å². The SMILES string of the molecule is Cc1ccccc1Nc1nc2cccc(-c3cccc(S(=O)(=O)NC(C)(C)C)c3)n2n1. The first-order valence-corrected chi connectivity index (χ1v) is 11.4.